The van der Waals surface area contributed by atoms with Crippen molar-refractivity contribution in [2.75, 3.05) is 0 Å². The van der Waals surface area contributed by atoms with Crippen LogP contribution in [0.5, 0.6) is 0 Å². The Morgan fingerprint density at radius 3 is 1.24 bits per heavy atom. The lowest BCUT2D eigenvalue weighted by molar-refractivity contribution is 1.07. The first-order valence-corrected chi connectivity index (χ1v) is 23.7. The molecular formula is C63H40N4S. The van der Waals surface area contributed by atoms with Crippen LogP contribution in [0.15, 0.2) is 243 Å². The van der Waals surface area contributed by atoms with Crippen molar-refractivity contribution in [1.82, 2.24) is 19.5 Å². The van der Waals surface area contributed by atoms with E-state index in [0.29, 0.717) is 17.5 Å². The van der Waals surface area contributed by atoms with E-state index in [4.69, 9.17) is 15.0 Å². The lowest BCUT2D eigenvalue weighted by atomic mass is 9.90. The molecule has 0 bridgehead atoms. The number of para-hydroxylation sites is 2. The second kappa shape index (κ2) is 16.6. The van der Waals surface area contributed by atoms with Crippen LogP contribution in [0.4, 0.5) is 0 Å². The molecule has 0 atom stereocenters. The van der Waals surface area contributed by atoms with E-state index in [9.17, 15) is 0 Å². The first-order chi connectivity index (χ1) is 33.7. The summed E-state index contributed by atoms with van der Waals surface area (Å²) in [6.07, 6.45) is 0. The Hall–Kier alpha value is -8.77. The molecule has 13 aromatic rings. The third kappa shape index (κ3) is 7.14. The molecule has 0 N–H and O–H groups in total. The van der Waals surface area contributed by atoms with Crippen molar-refractivity contribution < 1.29 is 0 Å². The summed E-state index contributed by atoms with van der Waals surface area (Å²) in [6, 6.07) is 86.7. The molecule has 4 nitrogen and oxygen atoms in total. The van der Waals surface area contributed by atoms with Gasteiger partial charge in [-0.2, -0.15) is 0 Å². The largest absolute Gasteiger partial charge is 0.309 e. The zero-order valence-corrected chi connectivity index (χ0v) is 37.6. The number of thiophene rings is 1. The fourth-order valence-corrected chi connectivity index (χ4v) is 10.8. The van der Waals surface area contributed by atoms with Crippen LogP contribution in [0.25, 0.3) is 126 Å². The number of benzene rings is 10. The van der Waals surface area contributed by atoms with Crippen LogP contribution in [-0.4, -0.2) is 19.5 Å². The summed E-state index contributed by atoms with van der Waals surface area (Å²) in [5, 5.41) is 4.99. The Morgan fingerprint density at radius 1 is 0.250 bits per heavy atom. The summed E-state index contributed by atoms with van der Waals surface area (Å²) < 4.78 is 4.91. The van der Waals surface area contributed by atoms with Crippen molar-refractivity contribution in [2.24, 2.45) is 0 Å². The number of rotatable bonds is 8. The van der Waals surface area contributed by atoms with Crippen molar-refractivity contribution in [3.63, 3.8) is 0 Å². The fourth-order valence-electron chi connectivity index (χ4n) is 9.69. The monoisotopic (exact) mass is 884 g/mol. The average molecular weight is 885 g/mol. The molecule has 68 heavy (non-hydrogen) atoms. The Bertz CT molecular complexity index is 3730. The van der Waals surface area contributed by atoms with E-state index in [-0.39, 0.29) is 0 Å². The van der Waals surface area contributed by atoms with E-state index in [1.165, 1.54) is 42.0 Å². The molecule has 5 heteroatoms. The fraction of sp³-hybridized carbons (Fsp3) is 0. The van der Waals surface area contributed by atoms with Crippen LogP contribution >= 0.6 is 11.3 Å². The Kier molecular flexibility index (Phi) is 9.66. The molecule has 318 valence electrons. The topological polar surface area (TPSA) is 43.6 Å². The van der Waals surface area contributed by atoms with Crippen molar-refractivity contribution in [2.45, 2.75) is 0 Å². The lowest BCUT2D eigenvalue weighted by Crippen LogP contribution is -2.00. The average Bonchev–Trinajstić information content (AvgIpc) is 3.95. The molecule has 0 saturated heterocycles. The zero-order valence-electron chi connectivity index (χ0n) is 36.8. The van der Waals surface area contributed by atoms with Gasteiger partial charge in [0.05, 0.1) is 11.0 Å². The molecule has 0 fully saturated rings. The lowest BCUT2D eigenvalue weighted by Gasteiger charge is -2.15. The van der Waals surface area contributed by atoms with Crippen LogP contribution in [0.3, 0.4) is 0 Å². The van der Waals surface area contributed by atoms with E-state index in [1.54, 1.807) is 0 Å². The highest BCUT2D eigenvalue weighted by Gasteiger charge is 2.19. The molecule has 0 aliphatic carbocycles. The predicted octanol–water partition coefficient (Wildman–Crippen LogP) is 17.0. The first-order valence-electron chi connectivity index (χ1n) is 22.9. The molecule has 0 unspecified atom stereocenters. The summed E-state index contributed by atoms with van der Waals surface area (Å²) >= 11 is 1.85. The van der Waals surface area contributed by atoms with Gasteiger partial charge >= 0.3 is 0 Å². The molecule has 0 radical (unpaired) electrons. The summed E-state index contributed by atoms with van der Waals surface area (Å²) in [5.74, 6) is 1.87. The van der Waals surface area contributed by atoms with E-state index < -0.39 is 0 Å². The second-order valence-electron chi connectivity index (χ2n) is 17.2. The summed E-state index contributed by atoms with van der Waals surface area (Å²) in [5.41, 5.74) is 15.4. The van der Waals surface area contributed by atoms with E-state index in [1.807, 2.05) is 47.7 Å². The molecule has 0 aliphatic heterocycles. The zero-order chi connectivity index (χ0) is 45.0. The van der Waals surface area contributed by atoms with Gasteiger partial charge < -0.3 is 4.57 Å². The van der Waals surface area contributed by atoms with Gasteiger partial charge in [-0.1, -0.05) is 164 Å². The highest BCUT2D eigenvalue weighted by molar-refractivity contribution is 7.25. The minimum absolute atomic E-state index is 0.613. The van der Waals surface area contributed by atoms with E-state index >= 15 is 0 Å². The molecule has 0 amide bonds. The van der Waals surface area contributed by atoms with Gasteiger partial charge in [-0.15, -0.1) is 11.3 Å². The van der Waals surface area contributed by atoms with E-state index in [2.05, 4.69) is 211 Å². The number of aromatic nitrogens is 4. The Labute approximate surface area is 397 Å². The summed E-state index contributed by atoms with van der Waals surface area (Å²) in [6.45, 7) is 0. The van der Waals surface area contributed by atoms with Gasteiger partial charge in [-0.25, -0.2) is 15.0 Å². The maximum absolute atomic E-state index is 5.24. The van der Waals surface area contributed by atoms with Crippen LogP contribution in [0, 0.1) is 0 Å². The first kappa shape index (κ1) is 39.6. The molecule has 13 rings (SSSR count). The molecule has 3 heterocycles. The molecule has 10 aromatic carbocycles. The van der Waals surface area contributed by atoms with Gasteiger partial charge in [-0.05, 0) is 123 Å². The molecule has 3 aromatic heterocycles. The number of nitrogens with zero attached hydrogens (tertiary/aromatic N) is 4. The van der Waals surface area contributed by atoms with Crippen LogP contribution < -0.4 is 0 Å². The maximum atomic E-state index is 5.24. The minimum atomic E-state index is 0.613. The number of hydrogen-bond donors (Lipinski definition) is 0. The standard InChI is InChI=1S/C63H40N4S/c1-6-18-41(19-7-1)46-32-47(42-20-8-2-9-21-42)34-49(33-46)50-35-48(36-51(37-50)63-65-61(43-22-10-3-11-23-43)64-62(66-63)44-24-12-4-13-25-44)45-30-31-59-55(38-45)56-39-54-53-28-16-17-29-57(53)67(52-26-14-5-15-27-52)58(54)40-60(56)68-59/h1-40H. The Balaban J connectivity index is 1.04. The highest BCUT2D eigenvalue weighted by atomic mass is 32.1. The van der Waals surface area contributed by atoms with Gasteiger partial charge in [0.15, 0.2) is 17.5 Å². The van der Waals surface area contributed by atoms with Crippen molar-refractivity contribution >= 4 is 53.3 Å². The minimum Gasteiger partial charge on any atom is -0.309 e. The van der Waals surface area contributed by atoms with Crippen molar-refractivity contribution in [3.05, 3.63) is 243 Å². The molecular weight excluding hydrogens is 845 g/mol. The van der Waals surface area contributed by atoms with Gasteiger partial charge in [0.2, 0.25) is 0 Å². The predicted molar refractivity (Wildman–Crippen MR) is 285 cm³/mol. The van der Waals surface area contributed by atoms with Crippen LogP contribution in [0.1, 0.15) is 0 Å². The normalized spacial score (nSPS) is 11.5. The van der Waals surface area contributed by atoms with E-state index in [0.717, 1.165) is 66.9 Å². The third-order valence-electron chi connectivity index (χ3n) is 13.0. The molecule has 0 saturated carbocycles. The summed E-state index contributed by atoms with van der Waals surface area (Å²) in [4.78, 5) is 15.5. The third-order valence-corrected chi connectivity index (χ3v) is 14.1. The number of fused-ring (bicyclic) bond motifs is 6. The van der Waals surface area contributed by atoms with Crippen molar-refractivity contribution in [1.29, 1.82) is 0 Å². The molecule has 0 aliphatic rings. The smallest absolute Gasteiger partial charge is 0.164 e. The van der Waals surface area contributed by atoms with Gasteiger partial charge in [-0.3, -0.25) is 0 Å². The quantitative estimate of drug-likeness (QED) is 0.153. The van der Waals surface area contributed by atoms with Gasteiger partial charge in [0, 0.05) is 53.3 Å². The maximum Gasteiger partial charge on any atom is 0.164 e. The molecule has 0 spiro atoms. The van der Waals surface area contributed by atoms with Crippen molar-refractivity contribution in [3.8, 4) is 84.4 Å². The summed E-state index contributed by atoms with van der Waals surface area (Å²) in [7, 11) is 0. The van der Waals surface area contributed by atoms with Crippen LogP contribution in [-0.2, 0) is 0 Å². The SMILES string of the molecule is c1ccc(-c2cc(-c3ccccc3)cc(-c3cc(-c4ccc5sc6cc7c(cc6c5c4)c4ccccc4n7-c4ccccc4)cc(-c4nc(-c5ccccc5)nc(-c5ccccc5)n4)c3)c2)cc1. The van der Waals surface area contributed by atoms with Crippen LogP contribution in [0.2, 0.25) is 0 Å². The number of hydrogen-bond acceptors (Lipinski definition) is 4. The second-order valence-corrected chi connectivity index (χ2v) is 18.3. The highest BCUT2D eigenvalue weighted by Crippen LogP contribution is 2.43. The Morgan fingerprint density at radius 2 is 0.676 bits per heavy atom. The van der Waals surface area contributed by atoms with Gasteiger partial charge in [0.1, 0.15) is 0 Å². The van der Waals surface area contributed by atoms with Gasteiger partial charge in [0.25, 0.3) is 0 Å².